The highest BCUT2D eigenvalue weighted by atomic mass is 35.5. The summed E-state index contributed by atoms with van der Waals surface area (Å²) in [5.41, 5.74) is 0. The highest BCUT2D eigenvalue weighted by molar-refractivity contribution is 5.85. The zero-order valence-corrected chi connectivity index (χ0v) is 9.24. The summed E-state index contributed by atoms with van der Waals surface area (Å²) < 4.78 is 0. The van der Waals surface area contributed by atoms with Gasteiger partial charge in [0.1, 0.15) is 0 Å². The minimum atomic E-state index is 0. The Morgan fingerprint density at radius 3 is 2.14 bits per heavy atom. The van der Waals surface area contributed by atoms with Crippen LogP contribution in [0.2, 0.25) is 0 Å². The summed E-state index contributed by atoms with van der Waals surface area (Å²) in [6.45, 7) is 9.69. The number of rotatable bonds is 4. The summed E-state index contributed by atoms with van der Waals surface area (Å²) >= 11 is 0. The molecule has 0 atom stereocenters. The van der Waals surface area contributed by atoms with Crippen molar-refractivity contribution in [2.75, 3.05) is 19.6 Å². The lowest BCUT2D eigenvalue weighted by molar-refractivity contribution is -0.119. The first kappa shape index (κ1) is 15.7. The number of amides is 1. The molecule has 0 aromatic carbocycles. The maximum atomic E-state index is 10.1. The maximum absolute atomic E-state index is 10.1. The highest BCUT2D eigenvalue weighted by Gasteiger charge is 2.05. The Morgan fingerprint density at radius 1 is 1.36 bits per heavy atom. The van der Waals surface area contributed by atoms with E-state index >= 15 is 0 Å². The van der Waals surface area contributed by atoms with Gasteiger partial charge >= 0.3 is 0 Å². The van der Waals surface area contributed by atoms with Crippen LogP contribution in [0.15, 0.2) is 25.3 Å². The molecule has 0 aliphatic carbocycles. The van der Waals surface area contributed by atoms with Gasteiger partial charge in [0.25, 0.3) is 0 Å². The first-order valence-corrected chi connectivity index (χ1v) is 4.50. The molecule has 2 N–H and O–H groups in total. The molecule has 0 aromatic rings. The van der Waals surface area contributed by atoms with E-state index in [2.05, 4.69) is 23.8 Å². The van der Waals surface area contributed by atoms with Crippen molar-refractivity contribution in [1.29, 1.82) is 0 Å². The molecule has 0 aromatic heterocycles. The summed E-state index contributed by atoms with van der Waals surface area (Å²) in [7, 11) is 0. The lowest BCUT2D eigenvalue weighted by Crippen LogP contribution is -2.12. The predicted molar refractivity (Wildman–Crippen MR) is 62.8 cm³/mol. The van der Waals surface area contributed by atoms with Crippen LogP contribution >= 0.6 is 12.4 Å². The molecule has 1 fully saturated rings. The monoisotopic (exact) mass is 218 g/mol. The lowest BCUT2D eigenvalue weighted by Gasteiger charge is -1.90. The first-order valence-electron chi connectivity index (χ1n) is 4.50. The van der Waals surface area contributed by atoms with Gasteiger partial charge in [0.2, 0.25) is 5.91 Å². The molecule has 0 bridgehead atoms. The SMILES string of the molecule is C=CCNCC=C.Cl.O=C1CCCN1. The summed E-state index contributed by atoms with van der Waals surface area (Å²) in [6.07, 6.45) is 5.41. The number of nitrogens with one attached hydrogen (secondary N) is 2. The van der Waals surface area contributed by atoms with Crippen LogP contribution in [0.4, 0.5) is 0 Å². The molecule has 82 valence electrons. The zero-order chi connectivity index (χ0) is 9.94. The van der Waals surface area contributed by atoms with Crippen molar-refractivity contribution in [2.45, 2.75) is 12.8 Å². The van der Waals surface area contributed by atoms with Gasteiger partial charge in [-0.05, 0) is 6.42 Å². The van der Waals surface area contributed by atoms with Gasteiger partial charge in [0.15, 0.2) is 0 Å². The number of hydrogen-bond donors (Lipinski definition) is 2. The van der Waals surface area contributed by atoms with Crippen molar-refractivity contribution >= 4 is 18.3 Å². The van der Waals surface area contributed by atoms with Crippen LogP contribution in [0, 0.1) is 0 Å². The minimum Gasteiger partial charge on any atom is -0.356 e. The third kappa shape index (κ3) is 11.2. The Bertz CT molecular complexity index is 156. The molecule has 3 nitrogen and oxygen atoms in total. The third-order valence-corrected chi connectivity index (χ3v) is 1.48. The van der Waals surface area contributed by atoms with Crippen LogP contribution in [0.25, 0.3) is 0 Å². The van der Waals surface area contributed by atoms with Crippen molar-refractivity contribution in [2.24, 2.45) is 0 Å². The van der Waals surface area contributed by atoms with Gasteiger partial charge in [-0.2, -0.15) is 0 Å². The van der Waals surface area contributed by atoms with Gasteiger partial charge in [0, 0.05) is 26.1 Å². The number of carbonyl (C=O) groups is 1. The van der Waals surface area contributed by atoms with E-state index in [1.54, 1.807) is 0 Å². The standard InChI is InChI=1S/C6H11N.C4H7NO.ClH/c1-3-5-7-6-4-2;6-4-2-1-3-5-4;/h3-4,7H,1-2,5-6H2;1-3H2,(H,5,6);1H. The van der Waals surface area contributed by atoms with E-state index in [0.717, 1.165) is 32.5 Å². The average molecular weight is 219 g/mol. The Balaban J connectivity index is 0. The summed E-state index contributed by atoms with van der Waals surface area (Å²) in [5, 5.41) is 5.73. The molecule has 0 spiro atoms. The van der Waals surface area contributed by atoms with Crippen LogP contribution in [-0.2, 0) is 4.79 Å². The Hall–Kier alpha value is -0.800. The fraction of sp³-hybridized carbons (Fsp3) is 0.500. The van der Waals surface area contributed by atoms with E-state index < -0.39 is 0 Å². The fourth-order valence-electron chi connectivity index (χ4n) is 0.853. The van der Waals surface area contributed by atoms with Gasteiger partial charge in [-0.15, -0.1) is 25.6 Å². The number of hydrogen-bond acceptors (Lipinski definition) is 2. The van der Waals surface area contributed by atoms with Crippen molar-refractivity contribution < 1.29 is 4.79 Å². The fourth-order valence-corrected chi connectivity index (χ4v) is 0.853. The van der Waals surface area contributed by atoms with Crippen molar-refractivity contribution in [3.8, 4) is 0 Å². The second kappa shape index (κ2) is 12.2. The van der Waals surface area contributed by atoms with Gasteiger partial charge in [0.05, 0.1) is 0 Å². The van der Waals surface area contributed by atoms with Crippen molar-refractivity contribution in [3.05, 3.63) is 25.3 Å². The van der Waals surface area contributed by atoms with E-state index in [0.29, 0.717) is 0 Å². The largest absolute Gasteiger partial charge is 0.356 e. The summed E-state index contributed by atoms with van der Waals surface area (Å²) in [5.74, 6) is 0.204. The van der Waals surface area contributed by atoms with E-state index in [4.69, 9.17) is 0 Å². The Morgan fingerprint density at radius 2 is 1.93 bits per heavy atom. The second-order valence-electron chi connectivity index (χ2n) is 2.69. The van der Waals surface area contributed by atoms with Gasteiger partial charge in [-0.3, -0.25) is 4.79 Å². The molecule has 0 radical (unpaired) electrons. The van der Waals surface area contributed by atoms with Crippen LogP contribution in [0.5, 0.6) is 0 Å². The normalized spacial score (nSPS) is 13.0. The first-order chi connectivity index (χ1) is 6.31. The smallest absolute Gasteiger partial charge is 0.220 e. The summed E-state index contributed by atoms with van der Waals surface area (Å²) in [4.78, 5) is 10.1. The molecule has 1 aliphatic rings. The van der Waals surface area contributed by atoms with E-state index in [9.17, 15) is 4.79 Å². The Labute approximate surface area is 92.1 Å². The van der Waals surface area contributed by atoms with Crippen LogP contribution in [0.3, 0.4) is 0 Å². The average Bonchev–Trinajstić information content (AvgIpc) is 2.58. The molecular weight excluding hydrogens is 200 g/mol. The molecule has 0 unspecified atom stereocenters. The van der Waals surface area contributed by atoms with Crippen LogP contribution in [0.1, 0.15) is 12.8 Å². The molecule has 0 saturated carbocycles. The predicted octanol–water partition coefficient (Wildman–Crippen LogP) is 1.27. The van der Waals surface area contributed by atoms with Crippen molar-refractivity contribution in [3.63, 3.8) is 0 Å². The molecule has 1 saturated heterocycles. The topological polar surface area (TPSA) is 41.1 Å². The van der Waals surface area contributed by atoms with E-state index in [1.807, 2.05) is 12.2 Å². The van der Waals surface area contributed by atoms with Gasteiger partial charge in [-0.1, -0.05) is 12.2 Å². The molecule has 4 heteroatoms. The minimum absolute atomic E-state index is 0. The molecule has 1 heterocycles. The quantitative estimate of drug-likeness (QED) is 0.551. The van der Waals surface area contributed by atoms with Crippen LogP contribution in [-0.4, -0.2) is 25.5 Å². The molecule has 1 rings (SSSR count). The zero-order valence-electron chi connectivity index (χ0n) is 8.42. The van der Waals surface area contributed by atoms with Gasteiger partial charge in [-0.25, -0.2) is 0 Å². The van der Waals surface area contributed by atoms with Crippen LogP contribution < -0.4 is 10.6 Å². The van der Waals surface area contributed by atoms with E-state index in [-0.39, 0.29) is 18.3 Å². The number of carbonyl (C=O) groups excluding carboxylic acids is 1. The molecule has 1 amide bonds. The van der Waals surface area contributed by atoms with E-state index in [1.165, 1.54) is 0 Å². The lowest BCUT2D eigenvalue weighted by atomic mass is 10.4. The summed E-state index contributed by atoms with van der Waals surface area (Å²) in [6, 6.07) is 0. The third-order valence-electron chi connectivity index (χ3n) is 1.48. The second-order valence-corrected chi connectivity index (χ2v) is 2.69. The highest BCUT2D eigenvalue weighted by Crippen LogP contribution is 1.93. The van der Waals surface area contributed by atoms with Gasteiger partial charge < -0.3 is 10.6 Å². The molecular formula is C10H19ClN2O. The number of halogens is 1. The Kier molecular flexibility index (Phi) is 13.6. The van der Waals surface area contributed by atoms with Crippen molar-refractivity contribution in [1.82, 2.24) is 10.6 Å². The maximum Gasteiger partial charge on any atom is 0.220 e. The molecule has 1 aliphatic heterocycles. The molecule has 14 heavy (non-hydrogen) atoms.